The lowest BCUT2D eigenvalue weighted by Gasteiger charge is -2.10. The van der Waals surface area contributed by atoms with Crippen LogP contribution in [0.5, 0.6) is 5.75 Å². The number of halogens is 3. The topological polar surface area (TPSA) is 29.5 Å². The predicted octanol–water partition coefficient (Wildman–Crippen LogP) is 2.29. The van der Waals surface area contributed by atoms with Crippen LogP contribution in [0.15, 0.2) is 18.2 Å². The molecule has 15 heavy (non-hydrogen) atoms. The Morgan fingerprint density at radius 2 is 2.00 bits per heavy atom. The minimum Gasteiger partial charge on any atom is -0.496 e. The molecular weight excluding hydrogens is 209 g/mol. The van der Waals surface area contributed by atoms with Crippen LogP contribution in [0.25, 0.3) is 0 Å². The fourth-order valence-corrected chi connectivity index (χ4v) is 1.26. The van der Waals surface area contributed by atoms with Crippen LogP contribution >= 0.6 is 0 Å². The molecule has 0 fully saturated rings. The van der Waals surface area contributed by atoms with Crippen molar-refractivity contribution in [2.45, 2.75) is 19.2 Å². The van der Waals surface area contributed by atoms with Crippen LogP contribution in [0.1, 0.15) is 11.1 Å². The fourth-order valence-electron chi connectivity index (χ4n) is 1.26. The fraction of sp³-hybridized carbons (Fsp3) is 0.400. The Hall–Kier alpha value is -1.23. The van der Waals surface area contributed by atoms with Crippen molar-refractivity contribution in [3.05, 3.63) is 29.3 Å². The zero-order chi connectivity index (χ0) is 11.5. The standard InChI is InChI=1S/C10H11F3O2/c1-15-9-4-7(5-10(11,12)13)2-3-8(9)6-14/h2-4,14H,5-6H2,1H3. The van der Waals surface area contributed by atoms with Gasteiger partial charge in [0.15, 0.2) is 0 Å². The van der Waals surface area contributed by atoms with Crippen molar-refractivity contribution < 1.29 is 23.0 Å². The molecule has 0 spiro atoms. The van der Waals surface area contributed by atoms with Gasteiger partial charge in [-0.3, -0.25) is 0 Å². The predicted molar refractivity (Wildman–Crippen MR) is 48.7 cm³/mol. The van der Waals surface area contributed by atoms with Crippen LogP contribution in [0, 0.1) is 0 Å². The molecule has 0 aliphatic carbocycles. The van der Waals surface area contributed by atoms with Crippen LogP contribution in [0.3, 0.4) is 0 Å². The van der Waals surface area contributed by atoms with Crippen molar-refractivity contribution in [3.8, 4) is 5.75 Å². The van der Waals surface area contributed by atoms with E-state index in [1.165, 1.54) is 25.3 Å². The zero-order valence-corrected chi connectivity index (χ0v) is 8.14. The van der Waals surface area contributed by atoms with Crippen LogP contribution in [-0.2, 0) is 13.0 Å². The number of aliphatic hydroxyl groups is 1. The molecule has 0 aliphatic rings. The monoisotopic (exact) mass is 220 g/mol. The van der Waals surface area contributed by atoms with Crippen molar-refractivity contribution in [3.63, 3.8) is 0 Å². The summed E-state index contributed by atoms with van der Waals surface area (Å²) >= 11 is 0. The lowest BCUT2D eigenvalue weighted by Crippen LogP contribution is -2.11. The lowest BCUT2D eigenvalue weighted by molar-refractivity contribution is -0.127. The molecule has 1 N–H and O–H groups in total. The van der Waals surface area contributed by atoms with E-state index in [4.69, 9.17) is 9.84 Å². The van der Waals surface area contributed by atoms with E-state index >= 15 is 0 Å². The Morgan fingerprint density at radius 3 is 2.47 bits per heavy atom. The minimum atomic E-state index is -4.23. The first-order valence-corrected chi connectivity index (χ1v) is 4.29. The largest absolute Gasteiger partial charge is 0.496 e. The SMILES string of the molecule is COc1cc(CC(F)(F)F)ccc1CO. The van der Waals surface area contributed by atoms with E-state index in [9.17, 15) is 13.2 Å². The Bertz CT molecular complexity index is 334. The normalized spacial score (nSPS) is 11.5. The maximum Gasteiger partial charge on any atom is 0.393 e. The number of hydrogen-bond acceptors (Lipinski definition) is 2. The number of benzene rings is 1. The molecule has 0 aromatic heterocycles. The average molecular weight is 220 g/mol. The molecule has 0 atom stereocenters. The number of ether oxygens (including phenoxy) is 1. The highest BCUT2D eigenvalue weighted by molar-refractivity contribution is 5.37. The number of aliphatic hydroxyl groups excluding tert-OH is 1. The molecule has 0 aliphatic heterocycles. The third-order valence-electron chi connectivity index (χ3n) is 1.93. The molecule has 0 saturated heterocycles. The van der Waals surface area contributed by atoms with Gasteiger partial charge >= 0.3 is 6.18 Å². The zero-order valence-electron chi connectivity index (χ0n) is 8.14. The summed E-state index contributed by atoms with van der Waals surface area (Å²) in [6.45, 7) is -0.254. The summed E-state index contributed by atoms with van der Waals surface area (Å²) in [4.78, 5) is 0. The van der Waals surface area contributed by atoms with Crippen molar-refractivity contribution in [1.29, 1.82) is 0 Å². The first-order valence-electron chi connectivity index (χ1n) is 4.29. The Morgan fingerprint density at radius 1 is 1.33 bits per heavy atom. The number of rotatable bonds is 3. The lowest BCUT2D eigenvalue weighted by atomic mass is 10.1. The third kappa shape index (κ3) is 3.43. The molecular formula is C10H11F3O2. The summed E-state index contributed by atoms with van der Waals surface area (Å²) in [6.07, 6.45) is -5.22. The average Bonchev–Trinajstić information content (AvgIpc) is 2.15. The highest BCUT2D eigenvalue weighted by Crippen LogP contribution is 2.26. The van der Waals surface area contributed by atoms with Crippen LogP contribution in [0.4, 0.5) is 13.2 Å². The van der Waals surface area contributed by atoms with Gasteiger partial charge in [0, 0.05) is 5.56 Å². The molecule has 1 rings (SSSR count). The van der Waals surface area contributed by atoms with Gasteiger partial charge in [0.05, 0.1) is 20.1 Å². The van der Waals surface area contributed by atoms with Gasteiger partial charge < -0.3 is 9.84 Å². The van der Waals surface area contributed by atoms with Gasteiger partial charge in [0.25, 0.3) is 0 Å². The third-order valence-corrected chi connectivity index (χ3v) is 1.93. The van der Waals surface area contributed by atoms with Crippen LogP contribution in [-0.4, -0.2) is 18.4 Å². The minimum absolute atomic E-state index is 0.122. The molecule has 84 valence electrons. The smallest absolute Gasteiger partial charge is 0.393 e. The van der Waals surface area contributed by atoms with Crippen LogP contribution in [0.2, 0.25) is 0 Å². The first kappa shape index (κ1) is 11.8. The Balaban J connectivity index is 2.93. The van der Waals surface area contributed by atoms with Gasteiger partial charge in [-0.25, -0.2) is 0 Å². The van der Waals surface area contributed by atoms with E-state index in [1.807, 2.05) is 0 Å². The van der Waals surface area contributed by atoms with E-state index in [0.29, 0.717) is 5.56 Å². The first-order chi connectivity index (χ1) is 6.96. The second kappa shape index (κ2) is 4.53. The molecule has 0 amide bonds. The van der Waals surface area contributed by atoms with E-state index in [-0.39, 0.29) is 17.9 Å². The van der Waals surface area contributed by atoms with Crippen LogP contribution < -0.4 is 4.74 Å². The van der Waals surface area contributed by atoms with Gasteiger partial charge in [-0.2, -0.15) is 13.2 Å². The molecule has 2 nitrogen and oxygen atoms in total. The van der Waals surface area contributed by atoms with Gasteiger partial charge in [-0.1, -0.05) is 12.1 Å². The summed E-state index contributed by atoms with van der Waals surface area (Å²) < 4.78 is 41.1. The van der Waals surface area contributed by atoms with E-state index < -0.39 is 12.6 Å². The number of methoxy groups -OCH3 is 1. The summed E-state index contributed by atoms with van der Waals surface area (Å²) in [7, 11) is 1.35. The maximum absolute atomic E-state index is 12.1. The molecule has 0 heterocycles. The molecule has 0 bridgehead atoms. The second-order valence-corrected chi connectivity index (χ2v) is 3.10. The van der Waals surface area contributed by atoms with Crippen molar-refractivity contribution in [2.75, 3.05) is 7.11 Å². The molecule has 0 radical (unpaired) electrons. The number of hydrogen-bond donors (Lipinski definition) is 1. The van der Waals surface area contributed by atoms with E-state index in [1.54, 1.807) is 0 Å². The van der Waals surface area contributed by atoms with Crippen molar-refractivity contribution >= 4 is 0 Å². The number of alkyl halides is 3. The Kier molecular flexibility index (Phi) is 3.57. The maximum atomic E-state index is 12.1. The van der Waals surface area contributed by atoms with Gasteiger partial charge in [-0.05, 0) is 11.6 Å². The van der Waals surface area contributed by atoms with E-state index in [0.717, 1.165) is 0 Å². The molecule has 1 aromatic carbocycles. The summed E-state index contributed by atoms with van der Waals surface area (Å²) in [6, 6.07) is 4.06. The second-order valence-electron chi connectivity index (χ2n) is 3.10. The van der Waals surface area contributed by atoms with Gasteiger partial charge in [0.1, 0.15) is 5.75 Å². The summed E-state index contributed by atoms with van der Waals surface area (Å²) in [5, 5.41) is 8.87. The van der Waals surface area contributed by atoms with E-state index in [2.05, 4.69) is 0 Å². The van der Waals surface area contributed by atoms with Gasteiger partial charge in [-0.15, -0.1) is 0 Å². The van der Waals surface area contributed by atoms with Gasteiger partial charge in [0.2, 0.25) is 0 Å². The molecule has 0 saturated carbocycles. The highest BCUT2D eigenvalue weighted by Gasteiger charge is 2.27. The summed E-state index contributed by atoms with van der Waals surface area (Å²) in [5.74, 6) is 0.277. The quantitative estimate of drug-likeness (QED) is 0.846. The highest BCUT2D eigenvalue weighted by atomic mass is 19.4. The van der Waals surface area contributed by atoms with Crippen molar-refractivity contribution in [2.24, 2.45) is 0 Å². The summed E-state index contributed by atoms with van der Waals surface area (Å²) in [5.41, 5.74) is 0.597. The molecule has 0 unspecified atom stereocenters. The molecule has 1 aromatic rings. The van der Waals surface area contributed by atoms with Crippen molar-refractivity contribution in [1.82, 2.24) is 0 Å². The molecule has 5 heteroatoms. The Labute approximate surface area is 85.3 Å².